The third-order valence-corrected chi connectivity index (χ3v) is 5.96. The first-order chi connectivity index (χ1) is 9.91. The Bertz CT molecular complexity index is 777. The number of piperidine rings is 1. The van der Waals surface area contributed by atoms with Crippen LogP contribution in [0.1, 0.15) is 18.9 Å². The number of pyridine rings is 1. The number of aromatic nitrogens is 2. The Hall–Kier alpha value is -1.53. The first-order valence-electron chi connectivity index (χ1n) is 6.66. The van der Waals surface area contributed by atoms with Crippen LogP contribution < -0.4 is 0 Å². The van der Waals surface area contributed by atoms with E-state index in [1.165, 1.54) is 16.2 Å². The maximum absolute atomic E-state index is 12.3. The zero-order valence-corrected chi connectivity index (χ0v) is 13.0. The molecule has 2 fully saturated rings. The number of carbonyl (C=O) groups is 2. The lowest BCUT2D eigenvalue weighted by Gasteiger charge is -2.19. The standard InChI is InChI=1S/C14H12ClN3O2S/c1-14(2)8-9(14)13(20)18(12(8)19)5-7-17-11-10(21-7)6(15)3-4-16-11/h3-4,8-9H,5H2,1-2H3. The van der Waals surface area contributed by atoms with Gasteiger partial charge in [-0.15, -0.1) is 11.3 Å². The number of carbonyl (C=O) groups excluding carboxylic acids is 2. The Labute approximate surface area is 129 Å². The minimum atomic E-state index is -0.177. The van der Waals surface area contributed by atoms with Crippen LogP contribution in [0.3, 0.4) is 0 Å². The van der Waals surface area contributed by atoms with Crippen LogP contribution in [0.25, 0.3) is 10.3 Å². The first-order valence-corrected chi connectivity index (χ1v) is 7.86. The van der Waals surface area contributed by atoms with Crippen molar-refractivity contribution in [3.05, 3.63) is 22.3 Å². The molecule has 3 heterocycles. The number of hydrogen-bond acceptors (Lipinski definition) is 5. The highest BCUT2D eigenvalue weighted by molar-refractivity contribution is 7.19. The molecule has 1 saturated heterocycles. The predicted molar refractivity (Wildman–Crippen MR) is 78.7 cm³/mol. The largest absolute Gasteiger partial charge is 0.275 e. The van der Waals surface area contributed by atoms with Crippen molar-refractivity contribution in [2.75, 3.05) is 0 Å². The van der Waals surface area contributed by atoms with E-state index in [0.29, 0.717) is 15.7 Å². The summed E-state index contributed by atoms with van der Waals surface area (Å²) >= 11 is 7.47. The Morgan fingerprint density at radius 2 is 2.00 bits per heavy atom. The number of nitrogens with zero attached hydrogens (tertiary/aromatic N) is 3. The van der Waals surface area contributed by atoms with E-state index in [4.69, 9.17) is 11.6 Å². The lowest BCUT2D eigenvalue weighted by molar-refractivity contribution is -0.143. The Morgan fingerprint density at radius 3 is 2.62 bits per heavy atom. The molecular weight excluding hydrogens is 310 g/mol. The van der Waals surface area contributed by atoms with Crippen LogP contribution in [0.4, 0.5) is 0 Å². The summed E-state index contributed by atoms with van der Waals surface area (Å²) in [7, 11) is 0. The molecule has 0 N–H and O–H groups in total. The molecule has 2 aliphatic rings. The number of likely N-dealkylation sites (tertiary alicyclic amines) is 1. The van der Waals surface area contributed by atoms with Gasteiger partial charge >= 0.3 is 0 Å². The fourth-order valence-electron chi connectivity index (χ4n) is 3.21. The molecule has 0 aromatic carbocycles. The number of thiazole rings is 1. The highest BCUT2D eigenvalue weighted by Crippen LogP contribution is 2.63. The quantitative estimate of drug-likeness (QED) is 0.797. The van der Waals surface area contributed by atoms with Gasteiger partial charge in [0.05, 0.1) is 28.1 Å². The van der Waals surface area contributed by atoms with Crippen molar-refractivity contribution in [2.24, 2.45) is 17.3 Å². The molecule has 7 heteroatoms. The van der Waals surface area contributed by atoms with Crippen molar-refractivity contribution < 1.29 is 9.59 Å². The summed E-state index contributed by atoms with van der Waals surface area (Å²) in [6.07, 6.45) is 1.60. The molecule has 4 rings (SSSR count). The van der Waals surface area contributed by atoms with E-state index in [9.17, 15) is 9.59 Å². The van der Waals surface area contributed by atoms with E-state index in [0.717, 1.165) is 4.70 Å². The summed E-state index contributed by atoms with van der Waals surface area (Å²) in [5.41, 5.74) is 0.385. The summed E-state index contributed by atoms with van der Waals surface area (Å²) in [4.78, 5) is 34.4. The van der Waals surface area contributed by atoms with Gasteiger partial charge in [-0.1, -0.05) is 25.4 Å². The summed E-state index contributed by atoms with van der Waals surface area (Å²) in [5.74, 6) is -0.455. The molecule has 2 amide bonds. The van der Waals surface area contributed by atoms with Gasteiger partial charge in [0.1, 0.15) is 5.01 Å². The molecule has 5 nitrogen and oxygen atoms in total. The maximum Gasteiger partial charge on any atom is 0.234 e. The predicted octanol–water partition coefficient (Wildman–Crippen LogP) is 2.49. The van der Waals surface area contributed by atoms with Gasteiger partial charge in [0, 0.05) is 6.20 Å². The number of imide groups is 1. The van der Waals surface area contributed by atoms with E-state index in [-0.39, 0.29) is 35.6 Å². The molecule has 0 bridgehead atoms. The molecule has 0 spiro atoms. The fraction of sp³-hybridized carbons (Fsp3) is 0.429. The number of hydrogen-bond donors (Lipinski definition) is 0. The molecule has 2 unspecified atom stereocenters. The summed E-state index contributed by atoms with van der Waals surface area (Å²) < 4.78 is 0.791. The zero-order valence-electron chi connectivity index (χ0n) is 11.5. The summed E-state index contributed by atoms with van der Waals surface area (Å²) in [6.45, 7) is 4.16. The highest BCUT2D eigenvalue weighted by Gasteiger charge is 2.72. The number of rotatable bonds is 2. The Balaban J connectivity index is 1.63. The number of halogens is 1. The van der Waals surface area contributed by atoms with Crippen LogP contribution in [-0.4, -0.2) is 26.7 Å². The number of amides is 2. The van der Waals surface area contributed by atoms with E-state index in [2.05, 4.69) is 9.97 Å². The average molecular weight is 322 g/mol. The van der Waals surface area contributed by atoms with Crippen molar-refractivity contribution in [1.82, 2.24) is 14.9 Å². The molecule has 2 atom stereocenters. The van der Waals surface area contributed by atoms with E-state index >= 15 is 0 Å². The van der Waals surface area contributed by atoms with Crippen LogP contribution in [0, 0.1) is 17.3 Å². The van der Waals surface area contributed by atoms with Gasteiger partial charge < -0.3 is 0 Å². The lowest BCUT2D eigenvalue weighted by atomic mass is 10.1. The van der Waals surface area contributed by atoms with Gasteiger partial charge in [-0.05, 0) is 11.5 Å². The van der Waals surface area contributed by atoms with Crippen molar-refractivity contribution in [2.45, 2.75) is 20.4 Å². The molecule has 2 aromatic rings. The van der Waals surface area contributed by atoms with E-state index in [1.807, 2.05) is 13.8 Å². The Kier molecular flexibility index (Phi) is 2.52. The van der Waals surface area contributed by atoms with Gasteiger partial charge in [0.15, 0.2) is 5.65 Å². The van der Waals surface area contributed by atoms with Gasteiger partial charge in [0.2, 0.25) is 11.8 Å². The van der Waals surface area contributed by atoms with Gasteiger partial charge in [-0.3, -0.25) is 14.5 Å². The molecular formula is C14H12ClN3O2S. The van der Waals surface area contributed by atoms with Gasteiger partial charge in [0.25, 0.3) is 0 Å². The first kappa shape index (κ1) is 13.2. The molecule has 1 saturated carbocycles. The van der Waals surface area contributed by atoms with Crippen molar-refractivity contribution in [1.29, 1.82) is 0 Å². The normalized spacial score (nSPS) is 26.5. The number of fused-ring (bicyclic) bond motifs is 2. The van der Waals surface area contributed by atoms with Crippen LogP contribution >= 0.6 is 22.9 Å². The minimum absolute atomic E-state index is 0.0756. The second-order valence-electron chi connectivity index (χ2n) is 6.09. The third-order valence-electron chi connectivity index (χ3n) is 4.47. The second-order valence-corrected chi connectivity index (χ2v) is 7.58. The van der Waals surface area contributed by atoms with Crippen molar-refractivity contribution >= 4 is 45.1 Å². The van der Waals surface area contributed by atoms with Crippen molar-refractivity contribution in [3.8, 4) is 0 Å². The SMILES string of the molecule is CC1(C)C2C(=O)N(Cc3nc4nccc(Cl)c4s3)C(=O)C21. The van der Waals surface area contributed by atoms with Gasteiger partial charge in [-0.25, -0.2) is 9.97 Å². The molecule has 1 aliphatic heterocycles. The molecule has 21 heavy (non-hydrogen) atoms. The summed E-state index contributed by atoms with van der Waals surface area (Å²) in [6, 6.07) is 1.70. The van der Waals surface area contributed by atoms with Gasteiger partial charge in [-0.2, -0.15) is 0 Å². The minimum Gasteiger partial charge on any atom is -0.275 e. The molecule has 1 aliphatic carbocycles. The van der Waals surface area contributed by atoms with Crippen LogP contribution in [0.5, 0.6) is 0 Å². The molecule has 2 aromatic heterocycles. The van der Waals surface area contributed by atoms with E-state index < -0.39 is 0 Å². The average Bonchev–Trinajstić information content (AvgIpc) is 2.71. The molecule has 0 radical (unpaired) electrons. The van der Waals surface area contributed by atoms with Crippen LogP contribution in [-0.2, 0) is 16.1 Å². The summed E-state index contributed by atoms with van der Waals surface area (Å²) in [5, 5.41) is 1.28. The van der Waals surface area contributed by atoms with Crippen LogP contribution in [0.2, 0.25) is 5.02 Å². The smallest absolute Gasteiger partial charge is 0.234 e. The molecule has 108 valence electrons. The fourth-order valence-corrected chi connectivity index (χ4v) is 4.38. The van der Waals surface area contributed by atoms with E-state index in [1.54, 1.807) is 12.3 Å². The maximum atomic E-state index is 12.3. The highest BCUT2D eigenvalue weighted by atomic mass is 35.5. The third kappa shape index (κ3) is 1.69. The zero-order chi connectivity index (χ0) is 14.9. The second kappa shape index (κ2) is 4.01. The Morgan fingerprint density at radius 1 is 1.33 bits per heavy atom. The van der Waals surface area contributed by atoms with Crippen LogP contribution in [0.15, 0.2) is 12.3 Å². The monoisotopic (exact) mass is 321 g/mol. The topological polar surface area (TPSA) is 63.2 Å². The lowest BCUT2D eigenvalue weighted by Crippen LogP contribution is -2.35. The van der Waals surface area contributed by atoms with Crippen molar-refractivity contribution in [3.63, 3.8) is 0 Å².